The maximum Gasteiger partial charge on any atom is 0.279 e. The van der Waals surface area contributed by atoms with Crippen molar-refractivity contribution < 1.29 is 4.79 Å². The third-order valence-electron chi connectivity index (χ3n) is 4.71. The van der Waals surface area contributed by atoms with Crippen molar-refractivity contribution in [1.29, 1.82) is 0 Å². The number of fused-ring (bicyclic) bond motifs is 1. The highest BCUT2D eigenvalue weighted by atomic mass is 32.1. The number of hydrogen-bond acceptors (Lipinski definition) is 4. The van der Waals surface area contributed by atoms with Gasteiger partial charge < -0.3 is 9.30 Å². The van der Waals surface area contributed by atoms with Gasteiger partial charge in [0.05, 0.1) is 29.0 Å². The van der Waals surface area contributed by atoms with Crippen LogP contribution in [-0.4, -0.2) is 25.5 Å². The number of amides is 1. The van der Waals surface area contributed by atoms with Crippen molar-refractivity contribution in [2.75, 3.05) is 4.90 Å². The predicted molar refractivity (Wildman–Crippen MR) is 114 cm³/mol. The molecule has 6 nitrogen and oxygen atoms in total. The Bertz CT molecular complexity index is 1260. The van der Waals surface area contributed by atoms with Crippen LogP contribution >= 0.6 is 11.3 Å². The summed E-state index contributed by atoms with van der Waals surface area (Å²) < 4.78 is 1.99. The lowest BCUT2D eigenvalue weighted by molar-refractivity contribution is 0.0980. The van der Waals surface area contributed by atoms with Crippen molar-refractivity contribution in [3.8, 4) is 10.6 Å². The lowest BCUT2D eigenvalue weighted by Gasteiger charge is -2.21. The molecule has 0 radical (unpaired) electrons. The minimum atomic E-state index is -0.166. The molecule has 5 rings (SSSR count). The third-order valence-corrected chi connectivity index (χ3v) is 5.61. The van der Waals surface area contributed by atoms with Gasteiger partial charge in [-0.15, -0.1) is 11.3 Å². The number of aromatic amines is 1. The summed E-state index contributed by atoms with van der Waals surface area (Å²) in [4.78, 5) is 20.6. The molecule has 0 saturated heterocycles. The second-order valence-corrected chi connectivity index (χ2v) is 7.50. The van der Waals surface area contributed by atoms with E-state index in [0.29, 0.717) is 12.2 Å². The van der Waals surface area contributed by atoms with Gasteiger partial charge in [0.2, 0.25) is 0 Å². The van der Waals surface area contributed by atoms with Gasteiger partial charge in [0.15, 0.2) is 5.69 Å². The number of hydrogen-bond donors (Lipinski definition) is 1. The molecule has 0 saturated carbocycles. The van der Waals surface area contributed by atoms with Gasteiger partial charge in [-0.05, 0) is 41.8 Å². The van der Waals surface area contributed by atoms with E-state index in [9.17, 15) is 4.79 Å². The van der Waals surface area contributed by atoms with Crippen molar-refractivity contribution in [3.05, 3.63) is 95.9 Å². The second kappa shape index (κ2) is 7.37. The molecule has 0 unspecified atom stereocenters. The van der Waals surface area contributed by atoms with Crippen molar-refractivity contribution >= 4 is 28.6 Å². The lowest BCUT2D eigenvalue weighted by atomic mass is 10.2. The summed E-state index contributed by atoms with van der Waals surface area (Å²) >= 11 is 1.60. The van der Waals surface area contributed by atoms with Crippen LogP contribution in [0, 0.1) is 0 Å². The Morgan fingerprint density at radius 3 is 2.76 bits per heavy atom. The molecule has 4 heterocycles. The van der Waals surface area contributed by atoms with E-state index in [-0.39, 0.29) is 5.91 Å². The number of rotatable bonds is 5. The van der Waals surface area contributed by atoms with E-state index >= 15 is 0 Å². The first-order valence-electron chi connectivity index (χ1n) is 9.17. The summed E-state index contributed by atoms with van der Waals surface area (Å²) in [6, 6.07) is 21.3. The number of nitrogens with one attached hydrogen (secondary N) is 1. The Morgan fingerprint density at radius 2 is 1.93 bits per heavy atom. The molecule has 142 valence electrons. The summed E-state index contributed by atoms with van der Waals surface area (Å²) in [5.41, 5.74) is 3.80. The molecule has 4 aromatic heterocycles. The Morgan fingerprint density at radius 1 is 1.07 bits per heavy atom. The number of carbonyl (C=O) groups excluding carboxylic acids is 1. The fourth-order valence-electron chi connectivity index (χ4n) is 3.28. The maximum absolute atomic E-state index is 13.4. The van der Waals surface area contributed by atoms with Crippen LogP contribution < -0.4 is 4.90 Å². The number of para-hydroxylation sites is 1. The first-order chi connectivity index (χ1) is 14.3. The fraction of sp³-hybridized carbons (Fsp3) is 0.0455. The number of pyridine rings is 1. The molecule has 0 fully saturated rings. The summed E-state index contributed by atoms with van der Waals surface area (Å²) in [5, 5.41) is 9.26. The predicted octanol–water partition coefficient (Wildman–Crippen LogP) is 4.63. The van der Waals surface area contributed by atoms with Gasteiger partial charge in [-0.1, -0.05) is 30.3 Å². The number of anilines is 1. The van der Waals surface area contributed by atoms with Gasteiger partial charge in [-0.2, -0.15) is 5.10 Å². The van der Waals surface area contributed by atoms with Crippen LogP contribution in [0.15, 0.2) is 84.5 Å². The molecule has 1 amide bonds. The molecule has 7 heteroatoms. The van der Waals surface area contributed by atoms with Gasteiger partial charge in [0, 0.05) is 11.9 Å². The summed E-state index contributed by atoms with van der Waals surface area (Å²) in [7, 11) is 0. The zero-order chi connectivity index (χ0) is 19.6. The van der Waals surface area contributed by atoms with E-state index in [2.05, 4.69) is 15.2 Å². The van der Waals surface area contributed by atoms with Gasteiger partial charge >= 0.3 is 0 Å². The second-order valence-electron chi connectivity index (χ2n) is 6.55. The zero-order valence-corrected chi connectivity index (χ0v) is 16.2. The van der Waals surface area contributed by atoms with Crippen LogP contribution in [0.5, 0.6) is 0 Å². The van der Waals surface area contributed by atoms with Gasteiger partial charge in [0.1, 0.15) is 5.65 Å². The smallest absolute Gasteiger partial charge is 0.279 e. The van der Waals surface area contributed by atoms with E-state index in [1.165, 1.54) is 0 Å². The van der Waals surface area contributed by atoms with Crippen molar-refractivity contribution in [1.82, 2.24) is 19.6 Å². The summed E-state index contributed by atoms with van der Waals surface area (Å²) in [6.07, 6.45) is 3.76. The zero-order valence-electron chi connectivity index (χ0n) is 15.4. The molecule has 0 aliphatic carbocycles. The monoisotopic (exact) mass is 399 g/mol. The largest absolute Gasteiger partial charge is 0.302 e. The minimum absolute atomic E-state index is 0.166. The molecule has 0 spiro atoms. The number of benzene rings is 1. The van der Waals surface area contributed by atoms with Gasteiger partial charge in [-0.25, -0.2) is 4.98 Å². The summed E-state index contributed by atoms with van der Waals surface area (Å²) in [5.74, 6) is -0.166. The molecule has 29 heavy (non-hydrogen) atoms. The average molecular weight is 399 g/mol. The van der Waals surface area contributed by atoms with E-state index in [4.69, 9.17) is 0 Å². The molecule has 5 aromatic rings. The fourth-order valence-corrected chi connectivity index (χ4v) is 3.97. The topological polar surface area (TPSA) is 66.3 Å². The van der Waals surface area contributed by atoms with E-state index in [1.54, 1.807) is 28.5 Å². The Kier molecular flexibility index (Phi) is 4.42. The highest BCUT2D eigenvalue weighted by molar-refractivity contribution is 7.13. The van der Waals surface area contributed by atoms with Crippen molar-refractivity contribution in [2.24, 2.45) is 0 Å². The SMILES string of the molecule is O=C(c1cc(-c2cccs2)[nH]n1)N(Cc1cnc2ccccn12)c1ccccc1. The molecule has 0 aliphatic heterocycles. The quantitative estimate of drug-likeness (QED) is 0.468. The number of imidazole rings is 1. The van der Waals surface area contributed by atoms with Crippen LogP contribution in [0.25, 0.3) is 16.2 Å². The molecular weight excluding hydrogens is 382 g/mol. The number of thiophene rings is 1. The highest BCUT2D eigenvalue weighted by Crippen LogP contribution is 2.25. The number of nitrogens with zero attached hydrogens (tertiary/aromatic N) is 4. The number of H-pyrrole nitrogens is 1. The molecular formula is C22H17N5OS. The standard InChI is InChI=1S/C22H17N5OS/c28-22(19-13-18(24-25-19)20-9-6-12-29-20)27(16-7-2-1-3-8-16)15-17-14-23-21-10-4-5-11-26(17)21/h1-14H,15H2,(H,24,25). The first kappa shape index (κ1) is 17.4. The number of aromatic nitrogens is 4. The van der Waals surface area contributed by atoms with Gasteiger partial charge in [-0.3, -0.25) is 9.89 Å². The third kappa shape index (κ3) is 3.32. The molecule has 0 atom stereocenters. The van der Waals surface area contributed by atoms with E-state index < -0.39 is 0 Å². The minimum Gasteiger partial charge on any atom is -0.302 e. The Balaban J connectivity index is 1.51. The Hall–Kier alpha value is -3.71. The van der Waals surface area contributed by atoms with Crippen LogP contribution in [0.4, 0.5) is 5.69 Å². The van der Waals surface area contributed by atoms with Crippen molar-refractivity contribution in [3.63, 3.8) is 0 Å². The van der Waals surface area contributed by atoms with Crippen LogP contribution in [0.3, 0.4) is 0 Å². The number of carbonyl (C=O) groups is 1. The van der Waals surface area contributed by atoms with Crippen LogP contribution in [0.1, 0.15) is 16.2 Å². The normalized spacial score (nSPS) is 11.0. The first-order valence-corrected chi connectivity index (χ1v) is 10.0. The molecule has 1 N–H and O–H groups in total. The van der Waals surface area contributed by atoms with Crippen LogP contribution in [0.2, 0.25) is 0 Å². The summed E-state index contributed by atoms with van der Waals surface area (Å²) in [6.45, 7) is 0.384. The van der Waals surface area contributed by atoms with E-state index in [1.807, 2.05) is 76.6 Å². The van der Waals surface area contributed by atoms with Crippen LogP contribution in [-0.2, 0) is 6.54 Å². The molecule has 1 aromatic carbocycles. The molecule has 0 bridgehead atoms. The maximum atomic E-state index is 13.4. The Labute approximate surface area is 171 Å². The van der Waals surface area contributed by atoms with Gasteiger partial charge in [0.25, 0.3) is 5.91 Å². The van der Waals surface area contributed by atoms with Crippen molar-refractivity contribution in [2.45, 2.75) is 6.54 Å². The lowest BCUT2D eigenvalue weighted by Crippen LogP contribution is -2.31. The van der Waals surface area contributed by atoms with E-state index in [0.717, 1.165) is 27.6 Å². The molecule has 0 aliphatic rings. The highest BCUT2D eigenvalue weighted by Gasteiger charge is 2.22. The average Bonchev–Trinajstić information content (AvgIpc) is 3.53.